The van der Waals surface area contributed by atoms with E-state index in [0.717, 1.165) is 18.6 Å². The molecule has 14 heteroatoms. The van der Waals surface area contributed by atoms with Crippen molar-refractivity contribution >= 4 is 52.1 Å². The van der Waals surface area contributed by atoms with Crippen molar-refractivity contribution < 1.29 is 23.4 Å². The maximum Gasteiger partial charge on any atom is 0.323 e. The molecule has 0 aliphatic heterocycles. The molecule has 0 amide bonds. The lowest BCUT2D eigenvalue weighted by molar-refractivity contribution is -0.149. The van der Waals surface area contributed by atoms with Crippen molar-refractivity contribution in [1.82, 2.24) is 24.6 Å². The van der Waals surface area contributed by atoms with Crippen LogP contribution in [0.4, 0.5) is 5.82 Å². The normalized spacial score (nSPS) is 15.4. The Hall–Kier alpha value is -1.37. The zero-order valence-electron chi connectivity index (χ0n) is 20.3. The van der Waals surface area contributed by atoms with Gasteiger partial charge < -0.3 is 24.3 Å². The Bertz CT molecular complexity index is 963. The van der Waals surface area contributed by atoms with Crippen LogP contribution >= 0.6 is 29.1 Å². The van der Waals surface area contributed by atoms with Crippen molar-refractivity contribution in [2.75, 3.05) is 30.7 Å². The van der Waals surface area contributed by atoms with Crippen LogP contribution in [0.3, 0.4) is 0 Å². The highest BCUT2D eigenvalue weighted by Crippen LogP contribution is 2.43. The lowest BCUT2D eigenvalue weighted by Gasteiger charge is -2.25. The predicted molar refractivity (Wildman–Crippen MR) is 138 cm³/mol. The number of carbonyl (C=O) groups is 1. The van der Waals surface area contributed by atoms with Gasteiger partial charge in [0, 0.05) is 5.75 Å². The molecule has 2 rings (SSSR count). The minimum Gasteiger partial charge on any atom is -0.462 e. The number of hydrogen-bond donors (Lipinski definition) is 2. The topological polar surface area (TPSA) is 143 Å². The predicted octanol–water partition coefficient (Wildman–Crippen LogP) is 3.70. The molecule has 2 aromatic rings. The summed E-state index contributed by atoms with van der Waals surface area (Å²) >= 11 is 0. The van der Waals surface area contributed by atoms with Crippen molar-refractivity contribution in [3.63, 3.8) is 0 Å². The number of nitrogens with zero attached hydrogens (tertiary/aromatic N) is 4. The minimum absolute atomic E-state index is 0.198. The van der Waals surface area contributed by atoms with E-state index in [9.17, 15) is 9.36 Å². The molecule has 0 aliphatic carbocycles. The van der Waals surface area contributed by atoms with Gasteiger partial charge in [-0.05, 0) is 46.8 Å². The van der Waals surface area contributed by atoms with Crippen molar-refractivity contribution in [3.8, 4) is 0 Å². The molecule has 2 heterocycles. The molecule has 0 radical (unpaired) electrons. The fraction of sp³-hybridized carbons (Fsp3) is 0.700. The molecule has 0 fully saturated rings. The molecule has 0 aromatic carbocycles. The standard InChI is InChI=1S/C20H35N6O5PS2/c1-14(2)31-20(27)16(4)25-32(28,30-8-6-7-9-34-33-5)13-29-15(3)10-26-12-24-17-18(21)22-11-23-19(17)26/h11-12,14-16H,6-10,13H2,1-5H3,(H,25,28)(H2,21,22,23)/t15-,16+,32?/m1/s1. The number of unbranched alkanes of at least 4 members (excludes halogenated alkanes) is 1. The van der Waals surface area contributed by atoms with Crippen LogP contribution in [0.15, 0.2) is 12.7 Å². The fourth-order valence-corrected chi connectivity index (χ4v) is 6.08. The lowest BCUT2D eigenvalue weighted by Crippen LogP contribution is -2.36. The average molecular weight is 535 g/mol. The van der Waals surface area contributed by atoms with Gasteiger partial charge in [-0.2, -0.15) is 0 Å². The number of imidazole rings is 1. The van der Waals surface area contributed by atoms with E-state index in [1.165, 1.54) is 6.33 Å². The summed E-state index contributed by atoms with van der Waals surface area (Å²) in [7, 11) is -0.00232. The monoisotopic (exact) mass is 534 g/mol. The maximum absolute atomic E-state index is 13.5. The van der Waals surface area contributed by atoms with Crippen molar-refractivity contribution in [3.05, 3.63) is 12.7 Å². The van der Waals surface area contributed by atoms with E-state index in [-0.39, 0.29) is 18.6 Å². The Morgan fingerprint density at radius 1 is 1.24 bits per heavy atom. The van der Waals surface area contributed by atoms with Gasteiger partial charge >= 0.3 is 5.97 Å². The van der Waals surface area contributed by atoms with E-state index < -0.39 is 19.5 Å². The van der Waals surface area contributed by atoms with Gasteiger partial charge in [-0.15, -0.1) is 0 Å². The molecule has 0 saturated heterocycles. The molecule has 0 saturated carbocycles. The second kappa shape index (κ2) is 14.3. The quantitative estimate of drug-likeness (QED) is 0.140. The third kappa shape index (κ3) is 9.35. The van der Waals surface area contributed by atoms with Crippen LogP contribution in [0.2, 0.25) is 0 Å². The molecule has 0 aliphatic rings. The summed E-state index contributed by atoms with van der Waals surface area (Å²) in [5.74, 6) is 0.794. The third-order valence-electron chi connectivity index (χ3n) is 4.55. The number of esters is 1. The average Bonchev–Trinajstić information content (AvgIpc) is 3.18. The van der Waals surface area contributed by atoms with Gasteiger partial charge in [0.25, 0.3) is 7.52 Å². The molecule has 2 aromatic heterocycles. The maximum atomic E-state index is 13.5. The highest BCUT2D eigenvalue weighted by Gasteiger charge is 2.30. The second-order valence-electron chi connectivity index (χ2n) is 7.97. The number of rotatable bonds is 16. The van der Waals surface area contributed by atoms with Crippen LogP contribution in [0, 0.1) is 0 Å². The summed E-state index contributed by atoms with van der Waals surface area (Å²) < 4.78 is 32.2. The van der Waals surface area contributed by atoms with Gasteiger partial charge in [0.15, 0.2) is 11.5 Å². The van der Waals surface area contributed by atoms with Crippen LogP contribution in [0.25, 0.3) is 11.2 Å². The van der Waals surface area contributed by atoms with E-state index in [2.05, 4.69) is 20.0 Å². The van der Waals surface area contributed by atoms with Crippen molar-refractivity contribution in [1.29, 1.82) is 0 Å². The molecular weight excluding hydrogens is 499 g/mol. The Morgan fingerprint density at radius 2 is 2.00 bits per heavy atom. The smallest absolute Gasteiger partial charge is 0.323 e. The molecule has 0 bridgehead atoms. The highest BCUT2D eigenvalue weighted by molar-refractivity contribution is 8.76. The van der Waals surface area contributed by atoms with Crippen LogP contribution in [0.5, 0.6) is 0 Å². The van der Waals surface area contributed by atoms with Gasteiger partial charge in [-0.1, -0.05) is 21.6 Å². The van der Waals surface area contributed by atoms with E-state index in [0.29, 0.717) is 30.1 Å². The molecule has 192 valence electrons. The van der Waals surface area contributed by atoms with Gasteiger partial charge in [0.2, 0.25) is 0 Å². The van der Waals surface area contributed by atoms with E-state index in [1.54, 1.807) is 53.3 Å². The third-order valence-corrected chi connectivity index (χ3v) is 8.32. The highest BCUT2D eigenvalue weighted by atomic mass is 33.1. The van der Waals surface area contributed by atoms with Crippen LogP contribution in [-0.2, 0) is 29.9 Å². The second-order valence-corrected chi connectivity index (χ2v) is 12.8. The number of carbonyl (C=O) groups excluding carboxylic acids is 1. The van der Waals surface area contributed by atoms with Gasteiger partial charge in [0.05, 0.1) is 31.7 Å². The summed E-state index contributed by atoms with van der Waals surface area (Å²) in [5, 5.41) is 2.82. The number of ether oxygens (including phenoxy) is 2. The number of anilines is 1. The fourth-order valence-electron chi connectivity index (χ4n) is 2.94. The van der Waals surface area contributed by atoms with Crippen molar-refractivity contribution in [2.45, 2.75) is 65.3 Å². The Morgan fingerprint density at radius 3 is 2.71 bits per heavy atom. The number of aromatic nitrogens is 4. The summed E-state index contributed by atoms with van der Waals surface area (Å²) in [6, 6.07) is -0.809. The van der Waals surface area contributed by atoms with Crippen molar-refractivity contribution in [2.24, 2.45) is 0 Å². The molecule has 11 nitrogen and oxygen atoms in total. The van der Waals surface area contributed by atoms with E-state index in [4.69, 9.17) is 19.7 Å². The first-order valence-electron chi connectivity index (χ1n) is 11.1. The number of fused-ring (bicyclic) bond motifs is 1. The van der Waals surface area contributed by atoms with Gasteiger partial charge in [-0.3, -0.25) is 9.36 Å². The first-order valence-corrected chi connectivity index (χ1v) is 15.6. The van der Waals surface area contributed by atoms with Crippen LogP contribution < -0.4 is 10.8 Å². The Kier molecular flexibility index (Phi) is 12.1. The summed E-state index contributed by atoms with van der Waals surface area (Å²) in [6.07, 6.45) is 5.89. The van der Waals surface area contributed by atoms with Gasteiger partial charge in [0.1, 0.15) is 24.2 Å². The van der Waals surface area contributed by atoms with Crippen LogP contribution in [-0.4, -0.2) is 68.7 Å². The SMILES string of the molecule is CSSCCCCOP(=O)(CO[C@H](C)Cn1cnc2c(N)ncnc21)N[C@@H](C)C(=O)OC(C)C. The number of nitrogens with one attached hydrogen (secondary N) is 1. The summed E-state index contributed by atoms with van der Waals surface area (Å²) in [4.78, 5) is 24.6. The molecule has 0 spiro atoms. The Balaban J connectivity index is 1.98. The van der Waals surface area contributed by atoms with E-state index >= 15 is 0 Å². The molecule has 3 N–H and O–H groups in total. The molecular formula is C20H35N6O5PS2. The van der Waals surface area contributed by atoms with Gasteiger partial charge in [-0.25, -0.2) is 20.0 Å². The number of hydrogen-bond acceptors (Lipinski definition) is 11. The molecule has 3 atom stereocenters. The van der Waals surface area contributed by atoms with Crippen LogP contribution in [0.1, 0.15) is 40.5 Å². The largest absolute Gasteiger partial charge is 0.462 e. The zero-order chi connectivity index (χ0) is 25.1. The first kappa shape index (κ1) is 28.9. The lowest BCUT2D eigenvalue weighted by atomic mass is 10.4. The number of nitrogen functional groups attached to an aromatic ring is 1. The summed E-state index contributed by atoms with van der Waals surface area (Å²) in [5.41, 5.74) is 6.95. The minimum atomic E-state index is -3.48. The Labute approximate surface area is 208 Å². The molecule has 34 heavy (non-hydrogen) atoms. The summed E-state index contributed by atoms with van der Waals surface area (Å²) in [6.45, 7) is 7.67. The molecule has 1 unspecified atom stereocenters. The van der Waals surface area contributed by atoms with E-state index in [1.807, 2.05) is 13.2 Å². The first-order chi connectivity index (χ1) is 16.1. The zero-order valence-corrected chi connectivity index (χ0v) is 22.8. The number of nitrogens with two attached hydrogens (primary N) is 1.